The molecule has 2 saturated carbocycles. The monoisotopic (exact) mass is 408 g/mol. The summed E-state index contributed by atoms with van der Waals surface area (Å²) in [6.07, 6.45) is 19.9. The summed E-state index contributed by atoms with van der Waals surface area (Å²) >= 11 is 5.98. The number of aromatic nitrogens is 2. The molecule has 0 saturated heterocycles. The SMILES string of the molecule is C=CCC[C@H]1CC[C@H](C2CCC(c3cnc(-c4ccc(Cl)cc4)nc3)CC2)CC1. The Morgan fingerprint density at radius 2 is 1.45 bits per heavy atom. The molecule has 154 valence electrons. The largest absolute Gasteiger partial charge is 0.236 e. The molecule has 1 heterocycles. The van der Waals surface area contributed by atoms with Crippen LogP contribution in [0.2, 0.25) is 5.02 Å². The van der Waals surface area contributed by atoms with Crippen molar-refractivity contribution in [1.82, 2.24) is 9.97 Å². The van der Waals surface area contributed by atoms with Gasteiger partial charge in [-0.15, -0.1) is 6.58 Å². The molecule has 0 spiro atoms. The molecule has 0 unspecified atom stereocenters. The molecule has 2 fully saturated rings. The van der Waals surface area contributed by atoms with E-state index >= 15 is 0 Å². The van der Waals surface area contributed by atoms with Crippen molar-refractivity contribution in [2.45, 2.75) is 70.1 Å². The van der Waals surface area contributed by atoms with Crippen LogP contribution in [0.25, 0.3) is 11.4 Å². The van der Waals surface area contributed by atoms with E-state index in [0.717, 1.165) is 34.2 Å². The maximum absolute atomic E-state index is 5.98. The van der Waals surface area contributed by atoms with Gasteiger partial charge in [0.1, 0.15) is 0 Å². The van der Waals surface area contributed by atoms with Gasteiger partial charge in [-0.3, -0.25) is 0 Å². The second-order valence-electron chi connectivity index (χ2n) is 9.11. The molecule has 0 bridgehead atoms. The molecule has 4 rings (SSSR count). The van der Waals surface area contributed by atoms with Crippen molar-refractivity contribution < 1.29 is 0 Å². The van der Waals surface area contributed by atoms with Gasteiger partial charge >= 0.3 is 0 Å². The molecule has 29 heavy (non-hydrogen) atoms. The fourth-order valence-corrected chi connectivity index (χ4v) is 5.65. The lowest BCUT2D eigenvalue weighted by Crippen LogP contribution is -2.25. The molecule has 0 N–H and O–H groups in total. The van der Waals surface area contributed by atoms with Gasteiger partial charge in [0.25, 0.3) is 0 Å². The molecule has 2 nitrogen and oxygen atoms in total. The summed E-state index contributed by atoms with van der Waals surface area (Å²) < 4.78 is 0. The summed E-state index contributed by atoms with van der Waals surface area (Å²) in [6, 6.07) is 7.74. The van der Waals surface area contributed by atoms with Crippen LogP contribution < -0.4 is 0 Å². The fourth-order valence-electron chi connectivity index (χ4n) is 5.52. The zero-order valence-electron chi connectivity index (χ0n) is 17.4. The third kappa shape index (κ3) is 5.28. The molecule has 1 aromatic carbocycles. The van der Waals surface area contributed by atoms with Gasteiger partial charge in [-0.2, -0.15) is 0 Å². The average molecular weight is 409 g/mol. The highest BCUT2D eigenvalue weighted by Gasteiger charge is 2.31. The van der Waals surface area contributed by atoms with Crippen LogP contribution in [0.4, 0.5) is 0 Å². The summed E-state index contributed by atoms with van der Waals surface area (Å²) in [5.41, 5.74) is 2.34. The summed E-state index contributed by atoms with van der Waals surface area (Å²) in [5.74, 6) is 4.29. The molecular weight excluding hydrogens is 376 g/mol. The molecule has 0 amide bonds. The van der Waals surface area contributed by atoms with Crippen molar-refractivity contribution in [3.8, 4) is 11.4 Å². The topological polar surface area (TPSA) is 25.8 Å². The Balaban J connectivity index is 1.27. The molecule has 3 heteroatoms. The second kappa shape index (κ2) is 9.89. The first-order chi connectivity index (χ1) is 14.2. The van der Waals surface area contributed by atoms with Crippen molar-refractivity contribution >= 4 is 11.6 Å². The molecule has 0 atom stereocenters. The maximum atomic E-state index is 5.98. The zero-order chi connectivity index (χ0) is 20.1. The maximum Gasteiger partial charge on any atom is 0.159 e. The van der Waals surface area contributed by atoms with Gasteiger partial charge in [0.05, 0.1) is 0 Å². The number of benzene rings is 1. The van der Waals surface area contributed by atoms with E-state index in [1.165, 1.54) is 69.8 Å². The highest BCUT2D eigenvalue weighted by molar-refractivity contribution is 6.30. The first-order valence-electron chi connectivity index (χ1n) is 11.4. The third-order valence-electron chi connectivity index (χ3n) is 7.35. The van der Waals surface area contributed by atoms with E-state index in [1.54, 1.807) is 0 Å². The van der Waals surface area contributed by atoms with Crippen LogP contribution >= 0.6 is 11.6 Å². The summed E-state index contributed by atoms with van der Waals surface area (Å²) in [5, 5.41) is 0.743. The highest BCUT2D eigenvalue weighted by Crippen LogP contribution is 2.44. The third-order valence-corrected chi connectivity index (χ3v) is 7.61. The molecular formula is C26H33ClN2. The highest BCUT2D eigenvalue weighted by atomic mass is 35.5. The van der Waals surface area contributed by atoms with Gasteiger partial charge < -0.3 is 0 Å². The Morgan fingerprint density at radius 3 is 2.03 bits per heavy atom. The average Bonchev–Trinajstić information content (AvgIpc) is 2.79. The van der Waals surface area contributed by atoms with Crippen LogP contribution in [0.5, 0.6) is 0 Å². The quantitative estimate of drug-likeness (QED) is 0.455. The van der Waals surface area contributed by atoms with Crippen LogP contribution in [0.1, 0.15) is 75.7 Å². The van der Waals surface area contributed by atoms with Crippen molar-refractivity contribution in [3.05, 3.63) is 59.9 Å². The van der Waals surface area contributed by atoms with Gasteiger partial charge in [0.2, 0.25) is 0 Å². The van der Waals surface area contributed by atoms with Crippen LogP contribution in [0.15, 0.2) is 49.3 Å². The second-order valence-corrected chi connectivity index (χ2v) is 9.54. The lowest BCUT2D eigenvalue weighted by atomic mass is 9.68. The lowest BCUT2D eigenvalue weighted by Gasteiger charge is -2.38. The van der Waals surface area contributed by atoms with Crippen LogP contribution in [0, 0.1) is 17.8 Å². The van der Waals surface area contributed by atoms with Crippen molar-refractivity contribution in [3.63, 3.8) is 0 Å². The minimum absolute atomic E-state index is 0.634. The Labute approximate surface area is 180 Å². The molecule has 2 aliphatic carbocycles. The Bertz CT molecular complexity index is 767. The van der Waals surface area contributed by atoms with Crippen LogP contribution in [-0.4, -0.2) is 9.97 Å². The molecule has 1 aromatic heterocycles. The summed E-state index contributed by atoms with van der Waals surface area (Å²) in [4.78, 5) is 9.27. The van der Waals surface area contributed by atoms with Crippen LogP contribution in [-0.2, 0) is 0 Å². The first-order valence-corrected chi connectivity index (χ1v) is 11.8. The van der Waals surface area contributed by atoms with E-state index in [2.05, 4.69) is 22.6 Å². The Kier molecular flexibility index (Phi) is 7.02. The van der Waals surface area contributed by atoms with E-state index in [4.69, 9.17) is 11.6 Å². The Hall–Kier alpha value is -1.67. The van der Waals surface area contributed by atoms with Crippen molar-refractivity contribution in [2.24, 2.45) is 17.8 Å². The zero-order valence-corrected chi connectivity index (χ0v) is 18.2. The molecule has 2 aromatic rings. The number of allylic oxidation sites excluding steroid dienone is 1. The fraction of sp³-hybridized carbons (Fsp3) is 0.538. The van der Waals surface area contributed by atoms with Crippen molar-refractivity contribution in [1.29, 1.82) is 0 Å². The van der Waals surface area contributed by atoms with Crippen LogP contribution in [0.3, 0.4) is 0 Å². The number of halogens is 1. The number of hydrogen-bond donors (Lipinski definition) is 0. The smallest absolute Gasteiger partial charge is 0.159 e. The van der Waals surface area contributed by atoms with Gasteiger partial charge in [-0.25, -0.2) is 9.97 Å². The predicted molar refractivity (Wildman–Crippen MR) is 122 cm³/mol. The van der Waals surface area contributed by atoms with Crippen molar-refractivity contribution in [2.75, 3.05) is 0 Å². The first kappa shape index (κ1) is 20.6. The number of nitrogens with zero attached hydrogens (tertiary/aromatic N) is 2. The molecule has 0 radical (unpaired) electrons. The van der Waals surface area contributed by atoms with E-state index in [-0.39, 0.29) is 0 Å². The normalized spacial score (nSPS) is 27.5. The minimum atomic E-state index is 0.634. The van der Waals surface area contributed by atoms with E-state index in [0.29, 0.717) is 5.92 Å². The minimum Gasteiger partial charge on any atom is -0.236 e. The van der Waals surface area contributed by atoms with Gasteiger partial charge in [-0.1, -0.05) is 30.5 Å². The summed E-state index contributed by atoms with van der Waals surface area (Å²) in [7, 11) is 0. The summed E-state index contributed by atoms with van der Waals surface area (Å²) in [6.45, 7) is 3.88. The Morgan fingerprint density at radius 1 is 0.862 bits per heavy atom. The lowest BCUT2D eigenvalue weighted by molar-refractivity contribution is 0.157. The van der Waals surface area contributed by atoms with Gasteiger partial charge in [-0.05, 0) is 105 Å². The number of rotatable bonds is 6. The standard InChI is InChI=1S/C26H33ClN2/c1-2-3-4-19-5-7-20(8-6-19)21-9-11-22(12-10-21)24-17-28-26(29-18-24)23-13-15-25(27)16-14-23/h2,13-22H,1,3-12H2/t19-,20-,21?,22?. The van der Waals surface area contributed by atoms with E-state index in [1.807, 2.05) is 36.7 Å². The molecule has 0 aliphatic heterocycles. The van der Waals surface area contributed by atoms with E-state index < -0.39 is 0 Å². The van der Waals surface area contributed by atoms with E-state index in [9.17, 15) is 0 Å². The van der Waals surface area contributed by atoms with Gasteiger partial charge in [0.15, 0.2) is 5.82 Å². The van der Waals surface area contributed by atoms with Gasteiger partial charge in [0, 0.05) is 23.0 Å². The molecule has 2 aliphatic rings. The number of hydrogen-bond acceptors (Lipinski definition) is 2. The predicted octanol–water partition coefficient (Wildman–Crippen LogP) is 7.84.